The molecule has 2 aromatic carbocycles. The summed E-state index contributed by atoms with van der Waals surface area (Å²) >= 11 is 0. The van der Waals surface area contributed by atoms with Crippen LogP contribution in [0.5, 0.6) is 5.75 Å². The minimum atomic E-state index is 0.158. The highest BCUT2D eigenvalue weighted by Gasteiger charge is 2.09. The van der Waals surface area contributed by atoms with E-state index in [1.54, 1.807) is 0 Å². The van der Waals surface area contributed by atoms with Crippen LogP contribution in [0, 0.1) is 13.8 Å². The van der Waals surface area contributed by atoms with Gasteiger partial charge in [0.05, 0.1) is 0 Å². The molecule has 0 saturated carbocycles. The molecular weight excluding hydrogens is 274 g/mol. The predicted octanol–water partition coefficient (Wildman–Crippen LogP) is 4.52. The molecule has 0 atom stereocenters. The fourth-order valence-electron chi connectivity index (χ4n) is 2.47. The van der Waals surface area contributed by atoms with E-state index in [1.165, 1.54) is 5.56 Å². The third-order valence-corrected chi connectivity index (χ3v) is 3.87. The smallest absolute Gasteiger partial charge is 0.162 e. The number of ether oxygens (including phenoxy) is 1. The first kappa shape index (κ1) is 16.1. The van der Waals surface area contributed by atoms with Crippen molar-refractivity contribution in [2.24, 2.45) is 0 Å². The second-order valence-electron chi connectivity index (χ2n) is 5.40. The number of hydrogen-bond acceptors (Lipinski definition) is 3. The second-order valence-corrected chi connectivity index (χ2v) is 5.40. The molecule has 0 heterocycles. The van der Waals surface area contributed by atoms with Crippen molar-refractivity contribution in [2.75, 3.05) is 12.4 Å². The Morgan fingerprint density at radius 3 is 2.55 bits per heavy atom. The molecule has 0 unspecified atom stereocenters. The topological polar surface area (TPSA) is 38.3 Å². The van der Waals surface area contributed by atoms with Crippen LogP contribution < -0.4 is 10.1 Å². The monoisotopic (exact) mass is 297 g/mol. The van der Waals surface area contributed by atoms with Gasteiger partial charge in [-0.25, -0.2) is 0 Å². The number of carbonyl (C=O) groups excluding carboxylic acids is 1. The van der Waals surface area contributed by atoms with Gasteiger partial charge in [-0.05, 0) is 49.2 Å². The summed E-state index contributed by atoms with van der Waals surface area (Å²) < 4.78 is 5.96. The van der Waals surface area contributed by atoms with E-state index in [0.29, 0.717) is 13.0 Å². The number of ketones is 1. The Kier molecular flexibility index (Phi) is 5.21. The lowest BCUT2D eigenvalue weighted by Gasteiger charge is -2.15. The molecule has 0 aliphatic carbocycles. The Labute approximate surface area is 132 Å². The highest BCUT2D eigenvalue weighted by molar-refractivity contribution is 5.96. The zero-order valence-electron chi connectivity index (χ0n) is 13.7. The Bertz CT molecular complexity index is 677. The third-order valence-electron chi connectivity index (χ3n) is 3.87. The zero-order valence-corrected chi connectivity index (χ0v) is 13.7. The maximum atomic E-state index is 11.7. The van der Waals surface area contributed by atoms with E-state index >= 15 is 0 Å². The first-order valence-corrected chi connectivity index (χ1v) is 7.59. The number of rotatable bonds is 6. The van der Waals surface area contributed by atoms with Gasteiger partial charge in [0.1, 0.15) is 12.4 Å². The molecule has 116 valence electrons. The lowest BCUT2D eigenvalue weighted by atomic mass is 10.1. The van der Waals surface area contributed by atoms with Crippen molar-refractivity contribution < 1.29 is 9.53 Å². The van der Waals surface area contributed by atoms with Gasteiger partial charge < -0.3 is 10.1 Å². The summed E-state index contributed by atoms with van der Waals surface area (Å²) in [5, 5.41) is 3.19. The van der Waals surface area contributed by atoms with Crippen molar-refractivity contribution in [3.05, 3.63) is 58.7 Å². The van der Waals surface area contributed by atoms with Crippen LogP contribution in [-0.4, -0.2) is 12.8 Å². The molecule has 0 aliphatic heterocycles. The molecule has 0 bridgehead atoms. The van der Waals surface area contributed by atoms with E-state index in [-0.39, 0.29) is 5.78 Å². The van der Waals surface area contributed by atoms with E-state index in [2.05, 4.69) is 18.3 Å². The van der Waals surface area contributed by atoms with Crippen LogP contribution in [-0.2, 0) is 6.61 Å². The number of anilines is 1. The fourth-order valence-corrected chi connectivity index (χ4v) is 2.47. The zero-order chi connectivity index (χ0) is 16.1. The van der Waals surface area contributed by atoms with Crippen LogP contribution in [0.4, 0.5) is 5.69 Å². The molecule has 0 aromatic heterocycles. The summed E-state index contributed by atoms with van der Waals surface area (Å²) in [5.41, 5.74) is 5.16. The SMILES string of the molecule is CCC(=O)c1ccc(OCc2c(C)cccc2NC)c(C)c1. The van der Waals surface area contributed by atoms with Crippen molar-refractivity contribution in [2.45, 2.75) is 33.8 Å². The standard InChI is InChI=1S/C19H23NO2/c1-5-18(21)15-9-10-19(14(3)11-15)22-12-16-13(2)7-6-8-17(16)20-4/h6-11,20H,5,12H2,1-4H3. The molecule has 0 saturated heterocycles. The van der Waals surface area contributed by atoms with E-state index in [4.69, 9.17) is 4.74 Å². The lowest BCUT2D eigenvalue weighted by Crippen LogP contribution is -2.04. The molecule has 3 nitrogen and oxygen atoms in total. The van der Waals surface area contributed by atoms with Crippen molar-refractivity contribution >= 4 is 11.5 Å². The largest absolute Gasteiger partial charge is 0.489 e. The van der Waals surface area contributed by atoms with Crippen LogP contribution in [0.25, 0.3) is 0 Å². The van der Waals surface area contributed by atoms with Gasteiger partial charge in [0.2, 0.25) is 0 Å². The van der Waals surface area contributed by atoms with Crippen LogP contribution in [0.2, 0.25) is 0 Å². The Morgan fingerprint density at radius 1 is 1.14 bits per heavy atom. The van der Waals surface area contributed by atoms with Crippen molar-refractivity contribution in [1.82, 2.24) is 0 Å². The van der Waals surface area contributed by atoms with Crippen molar-refractivity contribution in [1.29, 1.82) is 0 Å². The van der Waals surface area contributed by atoms with E-state index < -0.39 is 0 Å². The minimum Gasteiger partial charge on any atom is -0.489 e. The molecule has 1 N–H and O–H groups in total. The number of nitrogens with one attached hydrogen (secondary N) is 1. The summed E-state index contributed by atoms with van der Waals surface area (Å²) in [7, 11) is 1.91. The van der Waals surface area contributed by atoms with Gasteiger partial charge in [0, 0.05) is 30.3 Å². The number of Topliss-reactive ketones (excluding diaryl/α,β-unsaturated/α-hetero) is 1. The molecular formula is C19H23NO2. The van der Waals surface area contributed by atoms with E-state index in [0.717, 1.165) is 28.1 Å². The summed E-state index contributed by atoms with van der Waals surface area (Å²) in [6, 6.07) is 11.8. The summed E-state index contributed by atoms with van der Waals surface area (Å²) in [4.78, 5) is 11.7. The van der Waals surface area contributed by atoms with E-state index in [9.17, 15) is 4.79 Å². The summed E-state index contributed by atoms with van der Waals surface area (Å²) in [5.74, 6) is 0.976. The van der Waals surface area contributed by atoms with Crippen molar-refractivity contribution in [3.8, 4) is 5.75 Å². The first-order valence-electron chi connectivity index (χ1n) is 7.59. The number of hydrogen-bond donors (Lipinski definition) is 1. The molecule has 3 heteroatoms. The second kappa shape index (κ2) is 7.12. The van der Waals surface area contributed by atoms with Crippen molar-refractivity contribution in [3.63, 3.8) is 0 Å². The molecule has 0 aliphatic rings. The van der Waals surface area contributed by atoms with Gasteiger partial charge in [0.15, 0.2) is 5.78 Å². The Balaban J connectivity index is 2.17. The highest BCUT2D eigenvalue weighted by Crippen LogP contribution is 2.24. The summed E-state index contributed by atoms with van der Waals surface area (Å²) in [6.07, 6.45) is 0.522. The van der Waals surface area contributed by atoms with Gasteiger partial charge in [-0.3, -0.25) is 4.79 Å². The van der Waals surface area contributed by atoms with Crippen LogP contribution >= 0.6 is 0 Å². The van der Waals surface area contributed by atoms with Gasteiger partial charge in [-0.1, -0.05) is 19.1 Å². The molecule has 0 amide bonds. The Hall–Kier alpha value is -2.29. The predicted molar refractivity (Wildman–Crippen MR) is 90.9 cm³/mol. The maximum Gasteiger partial charge on any atom is 0.162 e. The number of benzene rings is 2. The van der Waals surface area contributed by atoms with Crippen LogP contribution in [0.1, 0.15) is 40.4 Å². The number of aryl methyl sites for hydroxylation is 2. The quantitative estimate of drug-likeness (QED) is 0.797. The van der Waals surface area contributed by atoms with Gasteiger partial charge >= 0.3 is 0 Å². The molecule has 2 aromatic rings. The van der Waals surface area contributed by atoms with Crippen LogP contribution in [0.15, 0.2) is 36.4 Å². The first-order chi connectivity index (χ1) is 10.6. The number of carbonyl (C=O) groups is 1. The van der Waals surface area contributed by atoms with E-state index in [1.807, 2.05) is 51.2 Å². The molecule has 0 radical (unpaired) electrons. The average Bonchev–Trinajstić information content (AvgIpc) is 2.53. The molecule has 0 spiro atoms. The Morgan fingerprint density at radius 2 is 1.91 bits per heavy atom. The average molecular weight is 297 g/mol. The lowest BCUT2D eigenvalue weighted by molar-refractivity contribution is 0.0988. The van der Waals surface area contributed by atoms with Gasteiger partial charge in [-0.2, -0.15) is 0 Å². The third kappa shape index (κ3) is 3.48. The van der Waals surface area contributed by atoms with Crippen LogP contribution in [0.3, 0.4) is 0 Å². The minimum absolute atomic E-state index is 0.158. The maximum absolute atomic E-state index is 11.7. The van der Waals surface area contributed by atoms with Gasteiger partial charge in [0.25, 0.3) is 0 Å². The normalized spacial score (nSPS) is 10.4. The summed E-state index contributed by atoms with van der Waals surface area (Å²) in [6.45, 7) is 6.43. The highest BCUT2D eigenvalue weighted by atomic mass is 16.5. The van der Waals surface area contributed by atoms with Gasteiger partial charge in [-0.15, -0.1) is 0 Å². The fraction of sp³-hybridized carbons (Fsp3) is 0.316. The molecule has 2 rings (SSSR count). The molecule has 0 fully saturated rings. The molecule has 22 heavy (non-hydrogen) atoms.